The molecule has 0 aliphatic carbocycles. The number of ether oxygens (including phenoxy) is 1. The van der Waals surface area contributed by atoms with E-state index in [2.05, 4.69) is 17.6 Å². The summed E-state index contributed by atoms with van der Waals surface area (Å²) in [6.07, 6.45) is 3.64. The lowest BCUT2D eigenvalue weighted by Gasteiger charge is -2.34. The summed E-state index contributed by atoms with van der Waals surface area (Å²) in [5, 5.41) is 15.5. The summed E-state index contributed by atoms with van der Waals surface area (Å²) in [6, 6.07) is 3.15. The zero-order valence-corrected chi connectivity index (χ0v) is 21.9. The van der Waals surface area contributed by atoms with E-state index in [4.69, 9.17) is 4.74 Å². The Labute approximate surface area is 204 Å². The molecule has 0 aliphatic rings. The normalized spacial score (nSPS) is 13.0. The summed E-state index contributed by atoms with van der Waals surface area (Å²) in [5.41, 5.74) is 0.530. The minimum atomic E-state index is -0.888. The van der Waals surface area contributed by atoms with Gasteiger partial charge in [-0.1, -0.05) is 39.2 Å². The minimum absolute atomic E-state index is 0.123. The van der Waals surface area contributed by atoms with Crippen molar-refractivity contribution in [2.45, 2.75) is 98.3 Å². The van der Waals surface area contributed by atoms with Gasteiger partial charge in [-0.2, -0.15) is 0 Å². The van der Waals surface area contributed by atoms with Crippen LogP contribution in [0.25, 0.3) is 0 Å². The first kappa shape index (κ1) is 29.3. The smallest absolute Gasteiger partial charge is 0.408 e. The lowest BCUT2D eigenvalue weighted by atomic mass is 10.00. The molecule has 0 aliphatic heterocycles. The maximum absolute atomic E-state index is 13.6. The van der Waals surface area contributed by atoms with E-state index in [1.807, 2.05) is 6.92 Å². The van der Waals surface area contributed by atoms with Gasteiger partial charge in [0.05, 0.1) is 0 Å². The van der Waals surface area contributed by atoms with Crippen LogP contribution in [0.3, 0.4) is 0 Å². The molecule has 0 saturated carbocycles. The Morgan fingerprint density at radius 3 is 2.29 bits per heavy atom. The predicted octanol–water partition coefficient (Wildman–Crippen LogP) is 4.59. The van der Waals surface area contributed by atoms with Crippen molar-refractivity contribution >= 4 is 17.9 Å². The third-order valence-corrected chi connectivity index (χ3v) is 5.32. The number of rotatable bonds is 12. The van der Waals surface area contributed by atoms with E-state index in [1.165, 1.54) is 11.0 Å². The first-order valence-electron chi connectivity index (χ1n) is 12.3. The van der Waals surface area contributed by atoms with Crippen molar-refractivity contribution in [3.05, 3.63) is 29.3 Å². The summed E-state index contributed by atoms with van der Waals surface area (Å²) in [5.74, 6) is -0.533. The van der Waals surface area contributed by atoms with Crippen molar-refractivity contribution in [1.29, 1.82) is 0 Å². The van der Waals surface area contributed by atoms with Crippen LogP contribution in [0.5, 0.6) is 5.75 Å². The fourth-order valence-corrected chi connectivity index (χ4v) is 3.50. The highest BCUT2D eigenvalue weighted by Gasteiger charge is 2.34. The second-order valence-electron chi connectivity index (χ2n) is 9.70. The number of carbonyl (C=O) groups is 3. The number of aromatic hydroxyl groups is 1. The maximum atomic E-state index is 13.6. The van der Waals surface area contributed by atoms with Crippen LogP contribution in [0.1, 0.15) is 90.8 Å². The first-order valence-corrected chi connectivity index (χ1v) is 12.3. The fraction of sp³-hybridized carbons (Fsp3) is 0.654. The highest BCUT2D eigenvalue weighted by Crippen LogP contribution is 2.27. The van der Waals surface area contributed by atoms with E-state index in [-0.39, 0.29) is 17.6 Å². The average Bonchev–Trinajstić information content (AvgIpc) is 2.73. The number of alkyl carbamates (subject to hydrolysis) is 1. The Hall–Kier alpha value is -2.77. The number of hydrogen-bond donors (Lipinski definition) is 3. The molecular weight excluding hydrogens is 434 g/mol. The van der Waals surface area contributed by atoms with Crippen LogP contribution in [-0.2, 0) is 14.3 Å². The zero-order chi connectivity index (χ0) is 25.9. The van der Waals surface area contributed by atoms with E-state index < -0.39 is 23.8 Å². The van der Waals surface area contributed by atoms with Crippen molar-refractivity contribution in [3.63, 3.8) is 0 Å². The number of carbonyl (C=O) groups excluding carboxylic acids is 3. The maximum Gasteiger partial charge on any atom is 0.408 e. The molecule has 0 radical (unpaired) electrons. The molecule has 2 unspecified atom stereocenters. The van der Waals surface area contributed by atoms with Crippen LogP contribution >= 0.6 is 0 Å². The van der Waals surface area contributed by atoms with Crippen LogP contribution < -0.4 is 10.6 Å². The van der Waals surface area contributed by atoms with Gasteiger partial charge in [-0.05, 0) is 70.7 Å². The molecule has 8 nitrogen and oxygen atoms in total. The summed E-state index contributed by atoms with van der Waals surface area (Å²) in [4.78, 5) is 40.7. The molecule has 192 valence electrons. The minimum Gasteiger partial charge on any atom is -0.508 e. The van der Waals surface area contributed by atoms with Gasteiger partial charge < -0.3 is 25.4 Å². The number of phenols is 1. The molecular formula is C26H43N3O5. The molecule has 1 aromatic rings. The summed E-state index contributed by atoms with van der Waals surface area (Å²) in [6.45, 7) is 13.6. The topological polar surface area (TPSA) is 108 Å². The predicted molar refractivity (Wildman–Crippen MR) is 134 cm³/mol. The van der Waals surface area contributed by atoms with Crippen LogP contribution in [0, 0.1) is 6.92 Å². The highest BCUT2D eigenvalue weighted by molar-refractivity contribution is 5.92. The molecule has 0 fully saturated rings. The standard InChI is InChI=1S/C26H43N3O5/c1-8-10-12-16-29(24(32)19(4)28-25(33)34-26(5,6)7)22(23(31)27-15-11-9-2)20-13-14-21(30)18(3)17-20/h13-14,17,19,22,30H,8-12,15-16H2,1-7H3,(H,27,31)(H,28,33). The molecule has 2 atom stereocenters. The summed E-state index contributed by atoms with van der Waals surface area (Å²) >= 11 is 0. The van der Waals surface area contributed by atoms with Crippen LogP contribution in [0.2, 0.25) is 0 Å². The summed E-state index contributed by atoms with van der Waals surface area (Å²) < 4.78 is 5.30. The molecule has 8 heteroatoms. The van der Waals surface area contributed by atoms with E-state index >= 15 is 0 Å². The molecule has 0 saturated heterocycles. The third-order valence-electron chi connectivity index (χ3n) is 5.32. The number of amides is 3. The molecule has 3 N–H and O–H groups in total. The Morgan fingerprint density at radius 2 is 1.74 bits per heavy atom. The Bertz CT molecular complexity index is 819. The fourth-order valence-electron chi connectivity index (χ4n) is 3.50. The lowest BCUT2D eigenvalue weighted by Crippen LogP contribution is -2.52. The first-order chi connectivity index (χ1) is 15.9. The molecule has 1 rings (SSSR count). The van der Waals surface area contributed by atoms with E-state index in [0.717, 1.165) is 32.1 Å². The largest absolute Gasteiger partial charge is 0.508 e. The van der Waals surface area contributed by atoms with Gasteiger partial charge in [0.1, 0.15) is 23.4 Å². The number of nitrogens with zero attached hydrogens (tertiary/aromatic N) is 1. The zero-order valence-electron chi connectivity index (χ0n) is 21.9. The Kier molecular flexibility index (Phi) is 11.9. The molecule has 1 aromatic carbocycles. The second kappa shape index (κ2) is 13.8. The number of hydrogen-bond acceptors (Lipinski definition) is 5. The highest BCUT2D eigenvalue weighted by atomic mass is 16.6. The Balaban J connectivity index is 3.30. The third kappa shape index (κ3) is 9.61. The van der Waals surface area contributed by atoms with E-state index in [0.29, 0.717) is 24.2 Å². The van der Waals surface area contributed by atoms with Crippen LogP contribution in [-0.4, -0.2) is 52.6 Å². The van der Waals surface area contributed by atoms with Crippen molar-refractivity contribution < 1.29 is 24.2 Å². The van der Waals surface area contributed by atoms with E-state index in [9.17, 15) is 19.5 Å². The number of nitrogens with one attached hydrogen (secondary N) is 2. The van der Waals surface area contributed by atoms with Gasteiger partial charge in [0, 0.05) is 13.1 Å². The number of phenolic OH excluding ortho intramolecular Hbond substituents is 1. The number of benzene rings is 1. The van der Waals surface area contributed by atoms with Gasteiger partial charge in [0.15, 0.2) is 0 Å². The number of unbranched alkanes of at least 4 members (excludes halogenated alkanes) is 3. The summed E-state index contributed by atoms with van der Waals surface area (Å²) in [7, 11) is 0. The van der Waals surface area contributed by atoms with Crippen molar-refractivity contribution in [3.8, 4) is 5.75 Å². The van der Waals surface area contributed by atoms with Crippen molar-refractivity contribution in [2.75, 3.05) is 13.1 Å². The number of aryl methyl sites for hydroxylation is 1. The average molecular weight is 478 g/mol. The quantitative estimate of drug-likeness (QED) is 0.382. The second-order valence-corrected chi connectivity index (χ2v) is 9.70. The van der Waals surface area contributed by atoms with Gasteiger partial charge >= 0.3 is 6.09 Å². The van der Waals surface area contributed by atoms with E-state index in [1.54, 1.807) is 46.8 Å². The van der Waals surface area contributed by atoms with Gasteiger partial charge in [0.25, 0.3) is 0 Å². The molecule has 0 spiro atoms. The van der Waals surface area contributed by atoms with Gasteiger partial charge in [0.2, 0.25) is 11.8 Å². The lowest BCUT2D eigenvalue weighted by molar-refractivity contribution is -0.142. The van der Waals surface area contributed by atoms with Gasteiger partial charge in [-0.25, -0.2) is 4.79 Å². The SMILES string of the molecule is CCCCCN(C(=O)C(C)NC(=O)OC(C)(C)C)C(C(=O)NCCCC)c1ccc(O)c(C)c1. The molecule has 0 heterocycles. The van der Waals surface area contributed by atoms with Crippen LogP contribution in [0.15, 0.2) is 18.2 Å². The molecule has 0 bridgehead atoms. The van der Waals surface area contributed by atoms with Crippen molar-refractivity contribution in [2.24, 2.45) is 0 Å². The van der Waals surface area contributed by atoms with Gasteiger partial charge in [-0.15, -0.1) is 0 Å². The molecule has 0 aromatic heterocycles. The Morgan fingerprint density at radius 1 is 1.09 bits per heavy atom. The molecule has 34 heavy (non-hydrogen) atoms. The van der Waals surface area contributed by atoms with Gasteiger partial charge in [-0.3, -0.25) is 9.59 Å². The van der Waals surface area contributed by atoms with Crippen molar-refractivity contribution in [1.82, 2.24) is 15.5 Å². The van der Waals surface area contributed by atoms with Crippen LogP contribution in [0.4, 0.5) is 4.79 Å². The molecule has 3 amide bonds. The monoisotopic (exact) mass is 477 g/mol.